The summed E-state index contributed by atoms with van der Waals surface area (Å²) in [5, 5.41) is 3.74. The minimum Gasteiger partial charge on any atom is -0.486 e. The lowest BCUT2D eigenvalue weighted by Gasteiger charge is -2.36. The van der Waals surface area contributed by atoms with Crippen LogP contribution in [-0.2, 0) is 10.0 Å². The van der Waals surface area contributed by atoms with Gasteiger partial charge < -0.3 is 9.64 Å². The number of hydrogen-bond acceptors (Lipinski definition) is 6. The van der Waals surface area contributed by atoms with Gasteiger partial charge >= 0.3 is 5.56 Å². The Morgan fingerprint density at radius 2 is 1.94 bits per heavy atom. The predicted octanol–water partition coefficient (Wildman–Crippen LogP) is 2.58. The molecule has 1 aliphatic heterocycles. The van der Waals surface area contributed by atoms with E-state index in [9.17, 15) is 17.6 Å². The third-order valence-corrected chi connectivity index (χ3v) is 7.55. The average molecular weight is 465 g/mol. The van der Waals surface area contributed by atoms with Gasteiger partial charge in [-0.1, -0.05) is 11.6 Å². The molecular weight excluding hydrogens is 435 g/mol. The van der Waals surface area contributed by atoms with Gasteiger partial charge in [-0.25, -0.2) is 12.8 Å². The number of hydrogen-bond donors (Lipinski definition) is 0. The van der Waals surface area contributed by atoms with Crippen molar-refractivity contribution >= 4 is 15.7 Å². The fourth-order valence-corrected chi connectivity index (χ4v) is 4.66. The van der Waals surface area contributed by atoms with Gasteiger partial charge in [0.25, 0.3) is 0 Å². The highest BCUT2D eigenvalue weighted by atomic mass is 32.2. The Balaban J connectivity index is 1.92. The van der Waals surface area contributed by atoms with Crippen LogP contribution in [0.25, 0.3) is 5.69 Å². The number of aromatic nitrogens is 2. The first-order chi connectivity index (χ1) is 15.1. The molecule has 0 unspecified atom stereocenters. The van der Waals surface area contributed by atoms with Gasteiger partial charge in [0.15, 0.2) is 0 Å². The van der Waals surface area contributed by atoms with Crippen LogP contribution in [-0.4, -0.2) is 60.5 Å². The summed E-state index contributed by atoms with van der Waals surface area (Å²) in [4.78, 5) is 15.1. The van der Waals surface area contributed by atoms with Crippen molar-refractivity contribution in [2.24, 2.45) is 0 Å². The minimum absolute atomic E-state index is 0.102. The van der Waals surface area contributed by atoms with Crippen LogP contribution in [0.5, 0.6) is 5.75 Å². The van der Waals surface area contributed by atoms with E-state index in [2.05, 4.69) is 11.7 Å². The highest BCUT2D eigenvalue weighted by molar-refractivity contribution is 7.89. The van der Waals surface area contributed by atoms with Crippen LogP contribution in [0, 0.1) is 5.82 Å². The van der Waals surface area contributed by atoms with Crippen LogP contribution < -0.4 is 15.2 Å². The van der Waals surface area contributed by atoms with Crippen molar-refractivity contribution in [2.45, 2.75) is 32.4 Å². The standard InChI is InChI=1S/C22H29FN4O4S/c1-16(2)8-13-31-21-20(25-9-11-26(12-10-25)32(29,30)17(3)4)15-24-27(22(21)28)19-7-5-6-18(23)14-19/h5-7,14-15,17H,1,8-13H2,2-4H3. The first kappa shape index (κ1) is 23.9. The molecule has 1 aliphatic rings. The number of halogens is 1. The van der Waals surface area contributed by atoms with Crippen LogP contribution in [0.1, 0.15) is 27.2 Å². The van der Waals surface area contributed by atoms with E-state index in [1.807, 2.05) is 11.8 Å². The maximum absolute atomic E-state index is 13.7. The van der Waals surface area contributed by atoms with Crippen LogP contribution in [0.2, 0.25) is 0 Å². The fourth-order valence-electron chi connectivity index (χ4n) is 3.39. The molecule has 2 heterocycles. The summed E-state index contributed by atoms with van der Waals surface area (Å²) < 4.78 is 47.0. The third kappa shape index (κ3) is 5.18. The molecule has 0 amide bonds. The zero-order valence-electron chi connectivity index (χ0n) is 18.6. The van der Waals surface area contributed by atoms with Crippen LogP contribution in [0.3, 0.4) is 0 Å². The summed E-state index contributed by atoms with van der Waals surface area (Å²) in [6.07, 6.45) is 2.08. The number of anilines is 1. The molecule has 32 heavy (non-hydrogen) atoms. The van der Waals surface area contributed by atoms with E-state index in [-0.39, 0.29) is 12.4 Å². The van der Waals surface area contributed by atoms with Gasteiger partial charge in [-0.2, -0.15) is 14.1 Å². The van der Waals surface area contributed by atoms with E-state index in [1.165, 1.54) is 28.7 Å². The van der Waals surface area contributed by atoms with E-state index < -0.39 is 26.6 Å². The second-order valence-electron chi connectivity index (χ2n) is 8.09. The van der Waals surface area contributed by atoms with Gasteiger partial charge in [-0.05, 0) is 39.0 Å². The van der Waals surface area contributed by atoms with Gasteiger partial charge in [0.1, 0.15) is 11.5 Å². The molecule has 0 saturated carbocycles. The molecule has 0 atom stereocenters. The summed E-state index contributed by atoms with van der Waals surface area (Å²) >= 11 is 0. The Morgan fingerprint density at radius 1 is 1.25 bits per heavy atom. The Bertz CT molecular complexity index is 1140. The molecule has 0 N–H and O–H groups in total. The van der Waals surface area contributed by atoms with Crippen LogP contribution in [0.4, 0.5) is 10.1 Å². The summed E-state index contributed by atoms with van der Waals surface area (Å²) in [6.45, 7) is 10.7. The summed E-state index contributed by atoms with van der Waals surface area (Å²) in [5.41, 5.74) is 1.19. The van der Waals surface area contributed by atoms with Crippen LogP contribution in [0.15, 0.2) is 47.4 Å². The maximum atomic E-state index is 13.7. The first-order valence-corrected chi connectivity index (χ1v) is 12.0. The van der Waals surface area contributed by atoms with E-state index in [4.69, 9.17) is 4.74 Å². The summed E-state index contributed by atoms with van der Waals surface area (Å²) in [6, 6.07) is 5.60. The number of benzene rings is 1. The smallest absolute Gasteiger partial charge is 0.316 e. The lowest BCUT2D eigenvalue weighted by atomic mass is 10.2. The number of sulfonamides is 1. The van der Waals surface area contributed by atoms with E-state index in [1.54, 1.807) is 19.9 Å². The molecule has 10 heteroatoms. The molecule has 0 bridgehead atoms. The topological polar surface area (TPSA) is 84.7 Å². The largest absolute Gasteiger partial charge is 0.486 e. The number of nitrogens with zero attached hydrogens (tertiary/aromatic N) is 4. The highest BCUT2D eigenvalue weighted by Crippen LogP contribution is 2.27. The molecule has 8 nitrogen and oxygen atoms in total. The molecule has 174 valence electrons. The van der Waals surface area contributed by atoms with Crippen molar-refractivity contribution in [1.29, 1.82) is 0 Å². The van der Waals surface area contributed by atoms with Crippen molar-refractivity contribution in [1.82, 2.24) is 14.1 Å². The maximum Gasteiger partial charge on any atom is 0.316 e. The molecule has 0 spiro atoms. The predicted molar refractivity (Wildman–Crippen MR) is 123 cm³/mol. The zero-order chi connectivity index (χ0) is 23.5. The van der Waals surface area contributed by atoms with Crippen molar-refractivity contribution < 1.29 is 17.5 Å². The van der Waals surface area contributed by atoms with Crippen molar-refractivity contribution in [3.63, 3.8) is 0 Å². The third-order valence-electron chi connectivity index (χ3n) is 5.28. The van der Waals surface area contributed by atoms with Gasteiger partial charge in [0.2, 0.25) is 15.8 Å². The molecule has 2 aromatic rings. The van der Waals surface area contributed by atoms with Gasteiger partial charge in [0, 0.05) is 32.6 Å². The normalized spacial score (nSPS) is 15.2. The monoisotopic (exact) mass is 464 g/mol. The summed E-state index contributed by atoms with van der Waals surface area (Å²) in [5.74, 6) is -0.377. The molecule has 1 fully saturated rings. The highest BCUT2D eigenvalue weighted by Gasteiger charge is 2.31. The second kappa shape index (κ2) is 9.83. The molecular formula is C22H29FN4O4S. The lowest BCUT2D eigenvalue weighted by Crippen LogP contribution is -2.50. The van der Waals surface area contributed by atoms with Gasteiger partial charge in [0.05, 0.1) is 23.7 Å². The van der Waals surface area contributed by atoms with Crippen molar-refractivity contribution in [3.8, 4) is 11.4 Å². The molecule has 1 saturated heterocycles. The van der Waals surface area contributed by atoms with Gasteiger partial charge in [-0.3, -0.25) is 4.79 Å². The molecule has 1 aromatic carbocycles. The number of ether oxygens (including phenoxy) is 1. The quantitative estimate of drug-likeness (QED) is 0.559. The first-order valence-electron chi connectivity index (χ1n) is 10.5. The minimum atomic E-state index is -3.35. The lowest BCUT2D eigenvalue weighted by molar-refractivity contribution is 0.312. The molecule has 1 aromatic heterocycles. The van der Waals surface area contributed by atoms with Crippen LogP contribution >= 0.6 is 0 Å². The average Bonchev–Trinajstić information content (AvgIpc) is 2.74. The second-order valence-corrected chi connectivity index (χ2v) is 10.6. The molecule has 3 rings (SSSR count). The fraction of sp³-hybridized carbons (Fsp3) is 0.455. The Kier molecular flexibility index (Phi) is 7.35. The van der Waals surface area contributed by atoms with Crippen molar-refractivity contribution in [3.05, 3.63) is 58.8 Å². The Morgan fingerprint density at radius 3 is 2.53 bits per heavy atom. The van der Waals surface area contributed by atoms with E-state index in [0.717, 1.165) is 10.3 Å². The van der Waals surface area contributed by atoms with E-state index >= 15 is 0 Å². The number of piperazine rings is 1. The SMILES string of the molecule is C=C(C)CCOc1c(N2CCN(S(=O)(=O)C(C)C)CC2)cnn(-c2cccc(F)c2)c1=O. The number of rotatable bonds is 8. The summed E-state index contributed by atoms with van der Waals surface area (Å²) in [7, 11) is -3.35. The molecule has 0 radical (unpaired) electrons. The van der Waals surface area contributed by atoms with E-state index in [0.29, 0.717) is 44.0 Å². The Hall–Kier alpha value is -2.72. The Labute approximate surface area is 188 Å². The van der Waals surface area contributed by atoms with Gasteiger partial charge in [-0.15, -0.1) is 6.58 Å². The zero-order valence-corrected chi connectivity index (χ0v) is 19.4. The molecule has 0 aliphatic carbocycles. The van der Waals surface area contributed by atoms with Crippen molar-refractivity contribution in [2.75, 3.05) is 37.7 Å².